The summed E-state index contributed by atoms with van der Waals surface area (Å²) in [5.74, 6) is 0.776. The molecule has 1 aromatic rings. The number of piperidine rings is 1. The smallest absolute Gasteiger partial charge is 0.218 e. The molecule has 20 heavy (non-hydrogen) atoms. The lowest BCUT2D eigenvalue weighted by Crippen LogP contribution is -2.33. The molecular formula is C16H27N3O. The second kappa shape index (κ2) is 8.22. The third-order valence-electron chi connectivity index (χ3n) is 3.87. The van der Waals surface area contributed by atoms with Crippen LogP contribution in [-0.4, -0.2) is 42.7 Å². The van der Waals surface area contributed by atoms with E-state index in [1.807, 2.05) is 6.07 Å². The molecule has 0 aromatic carbocycles. The fraction of sp³-hybridized carbons (Fsp3) is 0.688. The highest BCUT2D eigenvalue weighted by Crippen LogP contribution is 2.22. The Bertz CT molecular complexity index is 391. The molecule has 1 atom stereocenters. The molecule has 1 saturated heterocycles. The van der Waals surface area contributed by atoms with E-state index >= 15 is 0 Å². The van der Waals surface area contributed by atoms with Gasteiger partial charge in [-0.15, -0.1) is 0 Å². The van der Waals surface area contributed by atoms with E-state index < -0.39 is 0 Å². The van der Waals surface area contributed by atoms with Gasteiger partial charge in [0, 0.05) is 24.3 Å². The monoisotopic (exact) mass is 277 g/mol. The Kier molecular flexibility index (Phi) is 6.27. The van der Waals surface area contributed by atoms with Crippen LogP contribution >= 0.6 is 0 Å². The molecular weight excluding hydrogens is 250 g/mol. The number of hydrogen-bond acceptors (Lipinski definition) is 4. The van der Waals surface area contributed by atoms with Gasteiger partial charge >= 0.3 is 0 Å². The van der Waals surface area contributed by atoms with E-state index in [1.165, 1.54) is 32.4 Å². The van der Waals surface area contributed by atoms with Gasteiger partial charge in [-0.1, -0.05) is 19.4 Å². The Morgan fingerprint density at radius 2 is 2.15 bits per heavy atom. The molecule has 2 rings (SSSR count). The van der Waals surface area contributed by atoms with Crippen LogP contribution in [0.25, 0.3) is 0 Å². The first-order chi connectivity index (χ1) is 9.81. The molecule has 1 aliphatic rings. The van der Waals surface area contributed by atoms with Crippen molar-refractivity contribution in [2.75, 3.05) is 32.8 Å². The van der Waals surface area contributed by atoms with E-state index in [1.54, 1.807) is 6.20 Å². The molecule has 0 aliphatic carbocycles. The zero-order valence-corrected chi connectivity index (χ0v) is 12.8. The number of nitrogens with zero attached hydrogens (tertiary/aromatic N) is 2. The van der Waals surface area contributed by atoms with Gasteiger partial charge in [0.15, 0.2) is 0 Å². The molecule has 112 valence electrons. The van der Waals surface area contributed by atoms with Crippen molar-refractivity contribution in [1.29, 1.82) is 0 Å². The Hall–Kier alpha value is -1.13. The highest BCUT2D eigenvalue weighted by Gasteiger charge is 2.13. The highest BCUT2D eigenvalue weighted by atomic mass is 16.5. The Labute approximate surface area is 122 Å². The van der Waals surface area contributed by atoms with Crippen molar-refractivity contribution in [3.05, 3.63) is 23.9 Å². The van der Waals surface area contributed by atoms with Gasteiger partial charge in [-0.05, 0) is 45.5 Å². The molecule has 1 unspecified atom stereocenters. The van der Waals surface area contributed by atoms with Crippen molar-refractivity contribution in [3.8, 4) is 5.88 Å². The number of ether oxygens (including phenoxy) is 1. The molecule has 1 aliphatic heterocycles. The van der Waals surface area contributed by atoms with Gasteiger partial charge in [0.25, 0.3) is 0 Å². The predicted octanol–water partition coefficient (Wildman–Crippen LogP) is 2.62. The zero-order valence-electron chi connectivity index (χ0n) is 12.8. The molecule has 0 radical (unpaired) electrons. The molecule has 4 nitrogen and oxygen atoms in total. The van der Waals surface area contributed by atoms with E-state index in [0.717, 1.165) is 31.1 Å². The van der Waals surface area contributed by atoms with Crippen LogP contribution in [-0.2, 0) is 0 Å². The molecule has 1 aromatic heterocycles. The summed E-state index contributed by atoms with van der Waals surface area (Å²) in [7, 11) is 0. The van der Waals surface area contributed by atoms with Gasteiger partial charge < -0.3 is 10.1 Å². The lowest BCUT2D eigenvalue weighted by atomic mass is 10.1. The number of pyridine rings is 1. The van der Waals surface area contributed by atoms with Gasteiger partial charge in [-0.2, -0.15) is 0 Å². The molecule has 0 spiro atoms. The van der Waals surface area contributed by atoms with Gasteiger partial charge in [0.05, 0.1) is 0 Å². The summed E-state index contributed by atoms with van der Waals surface area (Å²) in [5, 5.41) is 3.41. The third-order valence-corrected chi connectivity index (χ3v) is 3.87. The zero-order chi connectivity index (χ0) is 14.2. The number of likely N-dealkylation sites (tertiary alicyclic amines) is 1. The maximum atomic E-state index is 5.91. The first-order valence-corrected chi connectivity index (χ1v) is 7.84. The molecule has 0 amide bonds. The molecule has 1 N–H and O–H groups in total. The van der Waals surface area contributed by atoms with Crippen LogP contribution in [0, 0.1) is 0 Å². The first kappa shape index (κ1) is 15.3. The summed E-state index contributed by atoms with van der Waals surface area (Å²) in [6.45, 7) is 9.37. The fourth-order valence-electron chi connectivity index (χ4n) is 2.72. The topological polar surface area (TPSA) is 37.4 Å². The van der Waals surface area contributed by atoms with Gasteiger partial charge in [0.2, 0.25) is 5.88 Å². The first-order valence-electron chi connectivity index (χ1n) is 7.84. The third kappa shape index (κ3) is 4.46. The van der Waals surface area contributed by atoms with E-state index in [9.17, 15) is 0 Å². The minimum atomic E-state index is 0.277. The number of nitrogens with one attached hydrogen (secondary N) is 1. The summed E-state index contributed by atoms with van der Waals surface area (Å²) in [5.41, 5.74) is 1.15. The highest BCUT2D eigenvalue weighted by molar-refractivity contribution is 5.28. The van der Waals surface area contributed by atoms with Crippen molar-refractivity contribution in [1.82, 2.24) is 15.2 Å². The molecule has 1 fully saturated rings. The number of rotatable bonds is 7. The van der Waals surface area contributed by atoms with Crippen LogP contribution in [0.5, 0.6) is 5.88 Å². The lowest BCUT2D eigenvalue weighted by molar-refractivity contribution is 0.179. The Balaban J connectivity index is 1.85. The normalized spacial score (nSPS) is 17.9. The van der Waals surface area contributed by atoms with E-state index in [0.29, 0.717) is 0 Å². The Morgan fingerprint density at radius 3 is 2.90 bits per heavy atom. The Morgan fingerprint density at radius 1 is 1.35 bits per heavy atom. The van der Waals surface area contributed by atoms with Crippen molar-refractivity contribution < 1.29 is 4.74 Å². The van der Waals surface area contributed by atoms with E-state index in [-0.39, 0.29) is 6.04 Å². The van der Waals surface area contributed by atoms with Gasteiger partial charge in [0.1, 0.15) is 6.61 Å². The average molecular weight is 277 g/mol. The van der Waals surface area contributed by atoms with Crippen molar-refractivity contribution in [2.45, 2.75) is 39.2 Å². The van der Waals surface area contributed by atoms with Crippen LogP contribution in [0.3, 0.4) is 0 Å². The quantitative estimate of drug-likeness (QED) is 0.831. The SMILES string of the molecule is CCNC(C)c1cccnc1OCCN1CCCCC1. The summed E-state index contributed by atoms with van der Waals surface area (Å²) in [6, 6.07) is 4.34. The fourth-order valence-corrected chi connectivity index (χ4v) is 2.72. The molecule has 2 heterocycles. The standard InChI is InChI=1S/C16H27N3O/c1-3-17-14(2)15-8-7-9-18-16(15)20-13-12-19-10-5-4-6-11-19/h7-9,14,17H,3-6,10-13H2,1-2H3. The van der Waals surface area contributed by atoms with Crippen molar-refractivity contribution >= 4 is 0 Å². The molecule has 0 saturated carbocycles. The maximum Gasteiger partial charge on any atom is 0.218 e. The minimum Gasteiger partial charge on any atom is -0.476 e. The second-order valence-corrected chi connectivity index (χ2v) is 5.43. The van der Waals surface area contributed by atoms with Gasteiger partial charge in [-0.25, -0.2) is 4.98 Å². The second-order valence-electron chi connectivity index (χ2n) is 5.43. The van der Waals surface area contributed by atoms with E-state index in [4.69, 9.17) is 4.74 Å². The van der Waals surface area contributed by atoms with Crippen molar-refractivity contribution in [2.24, 2.45) is 0 Å². The number of hydrogen-bond donors (Lipinski definition) is 1. The van der Waals surface area contributed by atoms with Crippen LogP contribution < -0.4 is 10.1 Å². The van der Waals surface area contributed by atoms with Crippen molar-refractivity contribution in [3.63, 3.8) is 0 Å². The molecule has 4 heteroatoms. The van der Waals surface area contributed by atoms with E-state index in [2.05, 4.69) is 35.1 Å². The van der Waals surface area contributed by atoms with Crippen LogP contribution in [0.1, 0.15) is 44.7 Å². The summed E-state index contributed by atoms with van der Waals surface area (Å²) in [4.78, 5) is 6.87. The minimum absolute atomic E-state index is 0.277. The number of aromatic nitrogens is 1. The van der Waals surface area contributed by atoms with Crippen LogP contribution in [0.15, 0.2) is 18.3 Å². The summed E-state index contributed by atoms with van der Waals surface area (Å²) < 4.78 is 5.91. The van der Waals surface area contributed by atoms with Gasteiger partial charge in [-0.3, -0.25) is 4.90 Å². The average Bonchev–Trinajstić information content (AvgIpc) is 2.49. The molecule has 0 bridgehead atoms. The largest absolute Gasteiger partial charge is 0.476 e. The lowest BCUT2D eigenvalue weighted by Gasteiger charge is -2.26. The summed E-state index contributed by atoms with van der Waals surface area (Å²) in [6.07, 6.45) is 5.83. The predicted molar refractivity (Wildman–Crippen MR) is 82.1 cm³/mol. The van der Waals surface area contributed by atoms with Crippen LogP contribution in [0.2, 0.25) is 0 Å². The summed E-state index contributed by atoms with van der Waals surface area (Å²) >= 11 is 0. The maximum absolute atomic E-state index is 5.91. The van der Waals surface area contributed by atoms with Crippen LogP contribution in [0.4, 0.5) is 0 Å².